The minimum absolute atomic E-state index is 0.223. The lowest BCUT2D eigenvalue weighted by Gasteiger charge is -2.38. The number of nitrogen functional groups attached to an aromatic ring is 1. The highest BCUT2D eigenvalue weighted by molar-refractivity contribution is 7.89. The molecule has 6 heteroatoms. The van der Waals surface area contributed by atoms with Crippen molar-refractivity contribution in [3.05, 3.63) is 23.8 Å². The monoisotopic (exact) mass is 298 g/mol. The highest BCUT2D eigenvalue weighted by Crippen LogP contribution is 2.31. The minimum atomic E-state index is -3.58. The largest absolute Gasteiger partial charge is 0.398 e. The predicted molar refractivity (Wildman–Crippen MR) is 79.0 cm³/mol. The smallest absolute Gasteiger partial charge is 0.245 e. The van der Waals surface area contributed by atoms with Gasteiger partial charge in [-0.1, -0.05) is 12.1 Å². The number of piperidine rings is 1. The van der Waals surface area contributed by atoms with Crippen molar-refractivity contribution in [1.29, 1.82) is 0 Å². The molecule has 0 saturated carbocycles. The van der Waals surface area contributed by atoms with E-state index in [9.17, 15) is 8.42 Å². The topological polar surface area (TPSA) is 72.6 Å². The number of hydrogen-bond donors (Lipinski definition) is 1. The van der Waals surface area contributed by atoms with Gasteiger partial charge in [-0.2, -0.15) is 4.31 Å². The van der Waals surface area contributed by atoms with Gasteiger partial charge in [0.05, 0.1) is 11.3 Å². The molecule has 1 aromatic carbocycles. The standard InChI is InChI=1S/C14H22N2O3S/c1-11-6-4-7-12(15)13(11)20(17,18)16-9-5-8-14(2,10-16)19-3/h4,6-7H,5,8-10,15H2,1-3H3. The number of hydrogen-bond acceptors (Lipinski definition) is 4. The van der Waals surface area contributed by atoms with Crippen LogP contribution in [-0.2, 0) is 14.8 Å². The van der Waals surface area contributed by atoms with E-state index in [4.69, 9.17) is 10.5 Å². The van der Waals surface area contributed by atoms with Gasteiger partial charge in [0.15, 0.2) is 0 Å². The van der Waals surface area contributed by atoms with Crippen molar-refractivity contribution in [1.82, 2.24) is 4.31 Å². The minimum Gasteiger partial charge on any atom is -0.398 e. The van der Waals surface area contributed by atoms with E-state index in [0.717, 1.165) is 12.8 Å². The fraction of sp³-hybridized carbons (Fsp3) is 0.571. The van der Waals surface area contributed by atoms with Crippen LogP contribution < -0.4 is 5.73 Å². The quantitative estimate of drug-likeness (QED) is 0.863. The van der Waals surface area contributed by atoms with Gasteiger partial charge in [-0.3, -0.25) is 0 Å². The first kappa shape index (κ1) is 15.3. The van der Waals surface area contributed by atoms with E-state index in [0.29, 0.717) is 24.3 Å². The molecule has 2 N–H and O–H groups in total. The first-order valence-corrected chi connectivity index (χ1v) is 8.14. The van der Waals surface area contributed by atoms with E-state index >= 15 is 0 Å². The van der Waals surface area contributed by atoms with Gasteiger partial charge in [-0.15, -0.1) is 0 Å². The lowest BCUT2D eigenvalue weighted by molar-refractivity contribution is -0.0319. The SMILES string of the molecule is COC1(C)CCCN(S(=O)(=O)c2c(C)cccc2N)C1. The van der Waals surface area contributed by atoms with Gasteiger partial charge < -0.3 is 10.5 Å². The van der Waals surface area contributed by atoms with Gasteiger partial charge in [0.1, 0.15) is 4.90 Å². The molecule has 1 heterocycles. The van der Waals surface area contributed by atoms with Gasteiger partial charge in [0.2, 0.25) is 10.0 Å². The Hall–Kier alpha value is -1.11. The van der Waals surface area contributed by atoms with Crippen LogP contribution in [-0.4, -0.2) is 38.5 Å². The van der Waals surface area contributed by atoms with E-state index in [2.05, 4.69) is 0 Å². The third kappa shape index (κ3) is 2.68. The van der Waals surface area contributed by atoms with Gasteiger partial charge in [0, 0.05) is 20.2 Å². The van der Waals surface area contributed by atoms with E-state index in [1.165, 1.54) is 4.31 Å². The zero-order valence-electron chi connectivity index (χ0n) is 12.2. The molecular formula is C14H22N2O3S. The first-order valence-electron chi connectivity index (χ1n) is 6.70. The molecule has 2 rings (SSSR count). The zero-order chi connectivity index (χ0) is 15.0. The maximum Gasteiger partial charge on any atom is 0.245 e. The maximum atomic E-state index is 12.8. The zero-order valence-corrected chi connectivity index (χ0v) is 13.0. The summed E-state index contributed by atoms with van der Waals surface area (Å²) in [5.41, 5.74) is 6.43. The molecule has 0 aliphatic carbocycles. The van der Waals surface area contributed by atoms with Gasteiger partial charge in [-0.05, 0) is 38.3 Å². The summed E-state index contributed by atoms with van der Waals surface area (Å²) in [4.78, 5) is 0.223. The van der Waals surface area contributed by atoms with E-state index in [1.54, 1.807) is 32.2 Å². The summed E-state index contributed by atoms with van der Waals surface area (Å²) < 4.78 is 32.6. The second-order valence-electron chi connectivity index (χ2n) is 5.59. The van der Waals surface area contributed by atoms with Crippen molar-refractivity contribution < 1.29 is 13.2 Å². The van der Waals surface area contributed by atoms with E-state index < -0.39 is 15.6 Å². The summed E-state index contributed by atoms with van der Waals surface area (Å²) in [6, 6.07) is 5.15. The Kier molecular flexibility index (Phi) is 4.09. The van der Waals surface area contributed by atoms with Crippen LogP contribution in [0.4, 0.5) is 5.69 Å². The van der Waals surface area contributed by atoms with Crippen LogP contribution in [0.25, 0.3) is 0 Å². The molecule has 112 valence electrons. The molecule has 1 fully saturated rings. The Bertz CT molecular complexity index is 580. The Balaban J connectivity index is 2.40. The number of anilines is 1. The number of rotatable bonds is 3. The summed E-state index contributed by atoms with van der Waals surface area (Å²) >= 11 is 0. The van der Waals surface area contributed by atoms with Crippen LogP contribution in [0.15, 0.2) is 23.1 Å². The van der Waals surface area contributed by atoms with Gasteiger partial charge >= 0.3 is 0 Å². The van der Waals surface area contributed by atoms with Crippen LogP contribution in [0.5, 0.6) is 0 Å². The molecule has 0 radical (unpaired) electrons. The van der Waals surface area contributed by atoms with Crippen molar-refractivity contribution >= 4 is 15.7 Å². The number of nitrogens with two attached hydrogens (primary N) is 1. The number of ether oxygens (including phenoxy) is 1. The van der Waals surface area contributed by atoms with Crippen molar-refractivity contribution in [2.75, 3.05) is 25.9 Å². The van der Waals surface area contributed by atoms with Crippen molar-refractivity contribution in [3.8, 4) is 0 Å². The molecule has 0 aromatic heterocycles. The normalized spacial score (nSPS) is 24.8. The van der Waals surface area contributed by atoms with Crippen molar-refractivity contribution in [3.63, 3.8) is 0 Å². The van der Waals surface area contributed by atoms with Crippen molar-refractivity contribution in [2.24, 2.45) is 0 Å². The third-order valence-electron chi connectivity index (χ3n) is 3.96. The summed E-state index contributed by atoms with van der Waals surface area (Å²) in [6.07, 6.45) is 1.65. The summed E-state index contributed by atoms with van der Waals surface area (Å²) in [5, 5.41) is 0. The average Bonchev–Trinajstić information content (AvgIpc) is 2.38. The molecule has 1 saturated heterocycles. The fourth-order valence-electron chi connectivity index (χ4n) is 2.69. The van der Waals surface area contributed by atoms with Gasteiger partial charge in [-0.25, -0.2) is 8.42 Å². The molecular weight excluding hydrogens is 276 g/mol. The highest BCUT2D eigenvalue weighted by atomic mass is 32.2. The van der Waals surface area contributed by atoms with Crippen LogP contribution in [0.1, 0.15) is 25.3 Å². The maximum absolute atomic E-state index is 12.8. The molecule has 1 aromatic rings. The molecule has 5 nitrogen and oxygen atoms in total. The third-order valence-corrected chi connectivity index (χ3v) is 6.02. The Labute approximate surface area is 120 Å². The highest BCUT2D eigenvalue weighted by Gasteiger charge is 2.38. The predicted octanol–water partition coefficient (Wildman–Crippen LogP) is 1.77. The average molecular weight is 298 g/mol. The summed E-state index contributed by atoms with van der Waals surface area (Å²) in [6.45, 7) is 4.58. The Morgan fingerprint density at radius 2 is 2.10 bits per heavy atom. The Morgan fingerprint density at radius 1 is 1.40 bits per heavy atom. The molecule has 0 spiro atoms. The number of methoxy groups -OCH3 is 1. The van der Waals surface area contributed by atoms with Crippen LogP contribution >= 0.6 is 0 Å². The van der Waals surface area contributed by atoms with Crippen LogP contribution in [0.2, 0.25) is 0 Å². The van der Waals surface area contributed by atoms with E-state index in [-0.39, 0.29) is 4.90 Å². The molecule has 1 aliphatic heterocycles. The summed E-state index contributed by atoms with van der Waals surface area (Å²) in [7, 11) is -1.95. The Morgan fingerprint density at radius 3 is 2.70 bits per heavy atom. The lowest BCUT2D eigenvalue weighted by Crippen LogP contribution is -2.49. The second-order valence-corrected chi connectivity index (χ2v) is 7.46. The number of aryl methyl sites for hydroxylation is 1. The van der Waals surface area contributed by atoms with E-state index in [1.807, 2.05) is 6.92 Å². The molecule has 0 amide bonds. The van der Waals surface area contributed by atoms with Gasteiger partial charge in [0.25, 0.3) is 0 Å². The molecule has 1 unspecified atom stereocenters. The molecule has 1 aliphatic rings. The van der Waals surface area contributed by atoms with Crippen molar-refractivity contribution in [2.45, 2.75) is 37.2 Å². The lowest BCUT2D eigenvalue weighted by atomic mass is 9.96. The summed E-state index contributed by atoms with van der Waals surface area (Å²) in [5.74, 6) is 0. The number of nitrogens with zero attached hydrogens (tertiary/aromatic N) is 1. The fourth-order valence-corrected chi connectivity index (χ4v) is 4.60. The molecule has 20 heavy (non-hydrogen) atoms. The van der Waals surface area contributed by atoms with Crippen LogP contribution in [0, 0.1) is 6.92 Å². The number of benzene rings is 1. The second kappa shape index (κ2) is 5.35. The van der Waals surface area contributed by atoms with Crippen LogP contribution in [0.3, 0.4) is 0 Å². The molecule has 1 atom stereocenters. The number of sulfonamides is 1. The first-order chi connectivity index (χ1) is 9.30. The molecule has 0 bridgehead atoms.